The van der Waals surface area contributed by atoms with Gasteiger partial charge in [-0.2, -0.15) is 0 Å². The number of hydrogen-bond acceptors (Lipinski definition) is 3. The van der Waals surface area contributed by atoms with Crippen molar-refractivity contribution in [3.8, 4) is 11.4 Å². The first kappa shape index (κ1) is 16.7. The molecule has 4 rings (SSSR count). The van der Waals surface area contributed by atoms with Crippen LogP contribution in [0.15, 0.2) is 42.6 Å². The van der Waals surface area contributed by atoms with Gasteiger partial charge in [-0.3, -0.25) is 9.78 Å². The van der Waals surface area contributed by atoms with Crippen LogP contribution in [0.4, 0.5) is 0 Å². The maximum absolute atomic E-state index is 11.9. The summed E-state index contributed by atoms with van der Waals surface area (Å²) in [5, 5.41) is 4.18. The van der Waals surface area contributed by atoms with E-state index in [0.29, 0.717) is 12.5 Å². The Balaban J connectivity index is 1.56. The van der Waals surface area contributed by atoms with Gasteiger partial charge in [0.15, 0.2) is 0 Å². The summed E-state index contributed by atoms with van der Waals surface area (Å²) in [6.45, 7) is 4.13. The van der Waals surface area contributed by atoms with Gasteiger partial charge < -0.3 is 5.32 Å². The molecule has 3 aromatic rings. The fraction of sp³-hybridized carbons (Fsp3) is 0.318. The predicted octanol–water partition coefficient (Wildman–Crippen LogP) is 4.12. The van der Waals surface area contributed by atoms with Crippen molar-refractivity contribution >= 4 is 16.8 Å². The second-order valence-electron chi connectivity index (χ2n) is 7.24. The molecule has 4 heteroatoms. The van der Waals surface area contributed by atoms with E-state index < -0.39 is 0 Å². The zero-order chi connectivity index (χ0) is 18.1. The van der Waals surface area contributed by atoms with E-state index in [2.05, 4.69) is 41.5 Å². The Bertz CT molecular complexity index is 959. The molecule has 1 aliphatic carbocycles. The van der Waals surface area contributed by atoms with E-state index in [1.807, 2.05) is 25.3 Å². The Morgan fingerprint density at radius 1 is 1.12 bits per heavy atom. The third-order valence-corrected chi connectivity index (χ3v) is 4.84. The SMILES string of the molecule is Cc1ccc(-c2cc(C)c3cc(CCC(=O)NC4CC4)ccc3n2)nc1. The van der Waals surface area contributed by atoms with Gasteiger partial charge in [0.1, 0.15) is 0 Å². The van der Waals surface area contributed by atoms with Crippen LogP contribution in [0.3, 0.4) is 0 Å². The predicted molar refractivity (Wildman–Crippen MR) is 104 cm³/mol. The zero-order valence-electron chi connectivity index (χ0n) is 15.2. The Labute approximate surface area is 153 Å². The van der Waals surface area contributed by atoms with Crippen molar-refractivity contribution in [2.45, 2.75) is 45.6 Å². The van der Waals surface area contributed by atoms with Crippen molar-refractivity contribution in [3.63, 3.8) is 0 Å². The van der Waals surface area contributed by atoms with Gasteiger partial charge in [-0.15, -0.1) is 0 Å². The lowest BCUT2D eigenvalue weighted by Crippen LogP contribution is -2.25. The zero-order valence-corrected chi connectivity index (χ0v) is 15.2. The molecule has 1 saturated carbocycles. The van der Waals surface area contributed by atoms with Crippen molar-refractivity contribution < 1.29 is 4.79 Å². The quantitative estimate of drug-likeness (QED) is 0.756. The monoisotopic (exact) mass is 345 g/mol. The highest BCUT2D eigenvalue weighted by Crippen LogP contribution is 2.25. The normalized spacial score (nSPS) is 13.8. The van der Waals surface area contributed by atoms with Crippen LogP contribution in [0, 0.1) is 13.8 Å². The molecule has 1 N–H and O–H groups in total. The second kappa shape index (κ2) is 6.87. The summed E-state index contributed by atoms with van der Waals surface area (Å²) in [5.74, 6) is 0.156. The van der Waals surface area contributed by atoms with Crippen LogP contribution in [0.25, 0.3) is 22.3 Å². The Morgan fingerprint density at radius 3 is 2.69 bits per heavy atom. The summed E-state index contributed by atoms with van der Waals surface area (Å²) < 4.78 is 0. The van der Waals surface area contributed by atoms with Gasteiger partial charge in [0.2, 0.25) is 5.91 Å². The largest absolute Gasteiger partial charge is 0.353 e. The lowest BCUT2D eigenvalue weighted by molar-refractivity contribution is -0.121. The first-order chi connectivity index (χ1) is 12.6. The van der Waals surface area contributed by atoms with E-state index in [1.54, 1.807) is 0 Å². The van der Waals surface area contributed by atoms with Gasteiger partial charge in [-0.1, -0.05) is 12.1 Å². The molecule has 26 heavy (non-hydrogen) atoms. The van der Waals surface area contributed by atoms with Gasteiger partial charge in [0.05, 0.1) is 16.9 Å². The second-order valence-corrected chi connectivity index (χ2v) is 7.24. The highest BCUT2D eigenvalue weighted by atomic mass is 16.1. The number of nitrogens with zero attached hydrogens (tertiary/aromatic N) is 2. The van der Waals surface area contributed by atoms with Crippen molar-refractivity contribution in [3.05, 3.63) is 59.3 Å². The number of carbonyl (C=O) groups is 1. The molecule has 2 aromatic heterocycles. The number of carbonyl (C=O) groups excluding carboxylic acids is 1. The highest BCUT2D eigenvalue weighted by Gasteiger charge is 2.22. The van der Waals surface area contributed by atoms with Crippen LogP contribution in [0.5, 0.6) is 0 Å². The molecule has 0 saturated heterocycles. The molecule has 0 aliphatic heterocycles. The third kappa shape index (κ3) is 3.74. The minimum Gasteiger partial charge on any atom is -0.353 e. The minimum atomic E-state index is 0.156. The van der Waals surface area contributed by atoms with Crippen LogP contribution < -0.4 is 5.32 Å². The molecule has 132 valence electrons. The molecule has 0 atom stereocenters. The van der Waals surface area contributed by atoms with Gasteiger partial charge >= 0.3 is 0 Å². The lowest BCUT2D eigenvalue weighted by Gasteiger charge is -2.09. The summed E-state index contributed by atoms with van der Waals surface area (Å²) in [6.07, 6.45) is 5.43. The molecule has 0 radical (unpaired) electrons. The highest BCUT2D eigenvalue weighted by molar-refractivity contribution is 5.85. The first-order valence-corrected chi connectivity index (χ1v) is 9.21. The molecule has 4 nitrogen and oxygen atoms in total. The van der Waals surface area contributed by atoms with Gasteiger partial charge in [-0.25, -0.2) is 4.98 Å². The Morgan fingerprint density at radius 2 is 1.96 bits per heavy atom. The smallest absolute Gasteiger partial charge is 0.220 e. The molecule has 1 fully saturated rings. The topological polar surface area (TPSA) is 54.9 Å². The fourth-order valence-electron chi connectivity index (χ4n) is 3.13. The van der Waals surface area contributed by atoms with Gasteiger partial charge in [-0.05, 0) is 74.1 Å². The minimum absolute atomic E-state index is 0.156. The van der Waals surface area contributed by atoms with Crippen molar-refractivity contribution in [1.29, 1.82) is 0 Å². The summed E-state index contributed by atoms with van der Waals surface area (Å²) in [7, 11) is 0. The fourth-order valence-corrected chi connectivity index (χ4v) is 3.13. The lowest BCUT2D eigenvalue weighted by atomic mass is 10.0. The van der Waals surface area contributed by atoms with E-state index >= 15 is 0 Å². The van der Waals surface area contributed by atoms with Crippen LogP contribution in [0.1, 0.15) is 36.0 Å². The average molecular weight is 345 g/mol. The Hall–Kier alpha value is -2.75. The van der Waals surface area contributed by atoms with Gasteiger partial charge in [0.25, 0.3) is 0 Å². The Kier molecular flexibility index (Phi) is 4.41. The summed E-state index contributed by atoms with van der Waals surface area (Å²) in [5.41, 5.74) is 6.24. The number of aryl methyl sites for hydroxylation is 3. The number of amides is 1. The third-order valence-electron chi connectivity index (χ3n) is 4.84. The molecule has 1 aromatic carbocycles. The van der Waals surface area contributed by atoms with E-state index in [1.165, 1.54) is 11.1 Å². The number of pyridine rings is 2. The number of rotatable bonds is 5. The van der Waals surface area contributed by atoms with Gasteiger partial charge in [0, 0.05) is 24.0 Å². The van der Waals surface area contributed by atoms with Crippen molar-refractivity contribution in [2.75, 3.05) is 0 Å². The summed E-state index contributed by atoms with van der Waals surface area (Å²) in [6, 6.07) is 12.9. The molecule has 0 spiro atoms. The van der Waals surface area contributed by atoms with Crippen molar-refractivity contribution in [2.24, 2.45) is 0 Å². The maximum atomic E-state index is 11.9. The average Bonchev–Trinajstić information content (AvgIpc) is 3.44. The summed E-state index contributed by atoms with van der Waals surface area (Å²) in [4.78, 5) is 21.2. The summed E-state index contributed by atoms with van der Waals surface area (Å²) >= 11 is 0. The molecule has 1 amide bonds. The number of benzene rings is 1. The standard InChI is InChI=1S/C22H23N3O/c1-14-3-8-20(23-13-14)21-11-15(2)18-12-16(4-9-19(18)25-21)5-10-22(26)24-17-6-7-17/h3-4,8-9,11-13,17H,5-7,10H2,1-2H3,(H,24,26). The molecule has 0 bridgehead atoms. The molecular formula is C22H23N3O. The number of aromatic nitrogens is 2. The maximum Gasteiger partial charge on any atom is 0.220 e. The molecule has 2 heterocycles. The van der Waals surface area contributed by atoms with Crippen LogP contribution in [-0.4, -0.2) is 21.9 Å². The van der Waals surface area contributed by atoms with Crippen LogP contribution in [0.2, 0.25) is 0 Å². The number of fused-ring (bicyclic) bond motifs is 1. The molecule has 0 unspecified atom stereocenters. The van der Waals surface area contributed by atoms with Crippen molar-refractivity contribution in [1.82, 2.24) is 15.3 Å². The van der Waals surface area contributed by atoms with Crippen LogP contribution in [-0.2, 0) is 11.2 Å². The number of nitrogens with one attached hydrogen (secondary N) is 1. The molecular weight excluding hydrogens is 322 g/mol. The molecule has 1 aliphatic rings. The van der Waals surface area contributed by atoms with E-state index in [4.69, 9.17) is 4.98 Å². The van der Waals surface area contributed by atoms with E-state index in [-0.39, 0.29) is 5.91 Å². The number of hydrogen-bond donors (Lipinski definition) is 1. The van der Waals surface area contributed by atoms with Crippen LogP contribution >= 0.6 is 0 Å². The first-order valence-electron chi connectivity index (χ1n) is 9.21. The van der Waals surface area contributed by atoms with E-state index in [0.717, 1.165) is 47.1 Å². The van der Waals surface area contributed by atoms with E-state index in [9.17, 15) is 4.79 Å².